The van der Waals surface area contributed by atoms with Crippen molar-refractivity contribution >= 4 is 23.9 Å². The van der Waals surface area contributed by atoms with Crippen LogP contribution in [0, 0.1) is 0 Å². The van der Waals surface area contributed by atoms with E-state index in [1.54, 1.807) is 97.1 Å². The number of hydrogen-bond donors (Lipinski definition) is 0. The van der Waals surface area contributed by atoms with Gasteiger partial charge in [0.1, 0.15) is 43.2 Å². The average Bonchev–Trinajstić information content (AvgIpc) is 3.66. The largest absolute Gasteiger partial charge is 0.459 e. The van der Waals surface area contributed by atoms with Gasteiger partial charge in [0, 0.05) is 0 Å². The average molecular weight is 1120 g/mol. The second kappa shape index (κ2) is 29.4. The highest BCUT2D eigenvalue weighted by Crippen LogP contribution is 2.37. The fourth-order valence-electron chi connectivity index (χ4n) is 9.64. The molecule has 2 aliphatic heterocycles. The SMILES string of the molecule is O=C(OCC1OC(OC(=O)c2ccccc2)C(OC(=O)c2ccccc2)C(OC(=O)c2ccccc2)C1OC1OC(COCc2ccccc2)C(OCc2ccccc2)C(OCc2ccccc2)C1OCc1ccccc1)c1ccccc1. The van der Waals surface area contributed by atoms with Crippen LogP contribution in [0.1, 0.15) is 63.7 Å². The van der Waals surface area contributed by atoms with Gasteiger partial charge in [-0.05, 0) is 70.8 Å². The van der Waals surface area contributed by atoms with Gasteiger partial charge in [-0.25, -0.2) is 19.2 Å². The van der Waals surface area contributed by atoms with Gasteiger partial charge in [-0.2, -0.15) is 0 Å². The number of carbonyl (C=O) groups excluding carboxylic acids is 4. The standard InChI is InChI=1S/C68H62O15/c69-63(51-33-17-5-18-34-51)77-46-56-58(60(80-64(70)52-35-19-6-20-36-52)62(81-65(71)53-37-21-7-22-38-53)68(79-56)83-66(72)54-39-23-8-24-40-54)82-67-61(76-44-50-31-15-4-16-32-50)59(75-43-49-29-13-3-14-30-49)57(74-42-48-27-11-2-12-28-48)55(78-67)45-73-41-47-25-9-1-10-26-47/h1-40,55-62,67-68H,41-46H2. The van der Waals surface area contributed by atoms with E-state index in [4.69, 9.17) is 52.1 Å². The minimum Gasteiger partial charge on any atom is -0.459 e. The molecule has 8 aromatic carbocycles. The number of carbonyl (C=O) groups is 4. The third kappa shape index (κ3) is 15.9. The third-order valence-electron chi connectivity index (χ3n) is 13.8. The van der Waals surface area contributed by atoms with Gasteiger partial charge in [-0.1, -0.05) is 194 Å². The molecule has 0 bridgehead atoms. The minimum absolute atomic E-state index is 0.0288. The fourth-order valence-corrected chi connectivity index (χ4v) is 9.64. The van der Waals surface area contributed by atoms with Gasteiger partial charge in [0.25, 0.3) is 0 Å². The summed E-state index contributed by atoms with van der Waals surface area (Å²) in [7, 11) is 0. The van der Waals surface area contributed by atoms with Crippen LogP contribution in [0.5, 0.6) is 0 Å². The molecule has 2 heterocycles. The zero-order valence-electron chi connectivity index (χ0n) is 45.2. The monoisotopic (exact) mass is 1120 g/mol. The summed E-state index contributed by atoms with van der Waals surface area (Å²) < 4.78 is 73.7. The first kappa shape index (κ1) is 57.6. The molecule has 83 heavy (non-hydrogen) atoms. The zero-order valence-corrected chi connectivity index (χ0v) is 45.2. The molecule has 10 unspecified atom stereocenters. The van der Waals surface area contributed by atoms with Gasteiger partial charge in [0.15, 0.2) is 12.4 Å². The summed E-state index contributed by atoms with van der Waals surface area (Å²) >= 11 is 0. The summed E-state index contributed by atoms with van der Waals surface area (Å²) in [5, 5.41) is 0. The van der Waals surface area contributed by atoms with Gasteiger partial charge in [-0.3, -0.25) is 0 Å². The van der Waals surface area contributed by atoms with Crippen molar-refractivity contribution in [1.29, 1.82) is 0 Å². The van der Waals surface area contributed by atoms with E-state index in [0.29, 0.717) is 0 Å². The Morgan fingerprint density at radius 2 is 0.639 bits per heavy atom. The maximum absolute atomic E-state index is 14.7. The van der Waals surface area contributed by atoms with Crippen molar-refractivity contribution in [2.45, 2.75) is 87.8 Å². The molecule has 0 N–H and O–H groups in total. The molecular weight excluding hydrogens is 1060 g/mol. The van der Waals surface area contributed by atoms with E-state index >= 15 is 0 Å². The Morgan fingerprint density at radius 1 is 0.301 bits per heavy atom. The number of rotatable bonds is 24. The van der Waals surface area contributed by atoms with Crippen molar-refractivity contribution in [2.24, 2.45) is 0 Å². The van der Waals surface area contributed by atoms with E-state index in [1.165, 1.54) is 24.3 Å². The van der Waals surface area contributed by atoms with Gasteiger partial charge >= 0.3 is 23.9 Å². The topological polar surface area (TPSA) is 170 Å². The van der Waals surface area contributed by atoms with Gasteiger partial charge in [0.2, 0.25) is 12.4 Å². The molecule has 10 atom stereocenters. The van der Waals surface area contributed by atoms with Crippen LogP contribution in [0.3, 0.4) is 0 Å². The molecule has 2 saturated heterocycles. The maximum atomic E-state index is 14.7. The Hall–Kier alpha value is -8.64. The second-order valence-electron chi connectivity index (χ2n) is 19.7. The molecule has 10 rings (SSSR count). The molecule has 0 radical (unpaired) electrons. The smallest absolute Gasteiger partial charge is 0.340 e. The predicted molar refractivity (Wildman–Crippen MR) is 303 cm³/mol. The molecule has 2 aliphatic rings. The quantitative estimate of drug-likeness (QED) is 0.0413. The number of benzene rings is 8. The van der Waals surface area contributed by atoms with Crippen molar-refractivity contribution in [1.82, 2.24) is 0 Å². The van der Waals surface area contributed by atoms with Crippen molar-refractivity contribution in [3.05, 3.63) is 287 Å². The number of hydrogen-bond acceptors (Lipinski definition) is 15. The Kier molecular flexibility index (Phi) is 20.4. The molecule has 0 amide bonds. The Morgan fingerprint density at radius 3 is 1.08 bits per heavy atom. The lowest BCUT2D eigenvalue weighted by molar-refractivity contribution is -0.366. The summed E-state index contributed by atoms with van der Waals surface area (Å²) in [6.07, 6.45) is -13.9. The number of ether oxygens (including phenoxy) is 11. The van der Waals surface area contributed by atoms with Gasteiger partial charge in [0.05, 0.1) is 55.3 Å². The molecule has 0 aliphatic carbocycles. The van der Waals surface area contributed by atoms with Crippen molar-refractivity contribution in [3.63, 3.8) is 0 Å². The maximum Gasteiger partial charge on any atom is 0.340 e. The summed E-state index contributed by atoms with van der Waals surface area (Å²) in [6, 6.07) is 71.2. The van der Waals surface area contributed by atoms with E-state index in [-0.39, 0.29) is 55.3 Å². The van der Waals surface area contributed by atoms with Crippen molar-refractivity contribution in [2.75, 3.05) is 13.2 Å². The summed E-state index contributed by atoms with van der Waals surface area (Å²) in [5.74, 6) is -3.35. The van der Waals surface area contributed by atoms with E-state index in [9.17, 15) is 19.2 Å². The Bertz CT molecular complexity index is 3250. The molecule has 424 valence electrons. The highest BCUT2D eigenvalue weighted by molar-refractivity contribution is 5.91. The molecule has 0 saturated carbocycles. The first-order valence-electron chi connectivity index (χ1n) is 27.4. The van der Waals surface area contributed by atoms with Crippen LogP contribution >= 0.6 is 0 Å². The van der Waals surface area contributed by atoms with Crippen molar-refractivity contribution < 1.29 is 71.3 Å². The molecule has 15 nitrogen and oxygen atoms in total. The number of esters is 4. The molecule has 0 spiro atoms. The van der Waals surface area contributed by atoms with Crippen molar-refractivity contribution in [3.8, 4) is 0 Å². The van der Waals surface area contributed by atoms with Gasteiger partial charge < -0.3 is 52.1 Å². The molecular formula is C68H62O15. The van der Waals surface area contributed by atoms with E-state index in [0.717, 1.165) is 22.3 Å². The lowest BCUT2D eigenvalue weighted by Crippen LogP contribution is -2.67. The van der Waals surface area contributed by atoms with Crippen LogP contribution in [0.2, 0.25) is 0 Å². The van der Waals surface area contributed by atoms with Crippen LogP contribution in [0.15, 0.2) is 243 Å². The van der Waals surface area contributed by atoms with Crippen LogP contribution in [-0.2, 0) is 78.5 Å². The lowest BCUT2D eigenvalue weighted by Gasteiger charge is -2.49. The lowest BCUT2D eigenvalue weighted by atomic mass is 9.95. The molecule has 8 aromatic rings. The highest BCUT2D eigenvalue weighted by Gasteiger charge is 2.57. The van der Waals surface area contributed by atoms with Crippen LogP contribution in [0.4, 0.5) is 0 Å². The summed E-state index contributed by atoms with van der Waals surface area (Å²) in [6.45, 7) is -0.153. The first-order valence-corrected chi connectivity index (χ1v) is 27.4. The first-order chi connectivity index (χ1) is 40.8. The molecule has 15 heteroatoms. The summed E-state index contributed by atoms with van der Waals surface area (Å²) in [4.78, 5) is 57.3. The molecule has 2 fully saturated rings. The van der Waals surface area contributed by atoms with Crippen LogP contribution < -0.4 is 0 Å². The highest BCUT2D eigenvalue weighted by atomic mass is 16.8. The van der Waals surface area contributed by atoms with E-state index in [1.807, 2.05) is 121 Å². The Balaban J connectivity index is 1.10. The Labute approximate surface area is 481 Å². The van der Waals surface area contributed by atoms with E-state index in [2.05, 4.69) is 0 Å². The van der Waals surface area contributed by atoms with Crippen LogP contribution in [0.25, 0.3) is 0 Å². The summed E-state index contributed by atoms with van der Waals surface area (Å²) in [5.41, 5.74) is 4.04. The fraction of sp³-hybridized carbons (Fsp3) is 0.235. The van der Waals surface area contributed by atoms with Crippen LogP contribution in [-0.4, -0.2) is 98.5 Å². The van der Waals surface area contributed by atoms with E-state index < -0.39 is 91.9 Å². The normalized spacial score (nSPS) is 22.1. The predicted octanol–water partition coefficient (Wildman–Crippen LogP) is 11.0. The third-order valence-corrected chi connectivity index (χ3v) is 13.8. The minimum atomic E-state index is -1.82. The van der Waals surface area contributed by atoms with Gasteiger partial charge in [-0.15, -0.1) is 0 Å². The second-order valence-corrected chi connectivity index (χ2v) is 19.7. The molecule has 0 aromatic heterocycles. The zero-order chi connectivity index (χ0) is 57.0.